The van der Waals surface area contributed by atoms with Gasteiger partial charge in [-0.2, -0.15) is 5.10 Å². The largest absolute Gasteiger partial charge is 0.369 e. The Balaban J connectivity index is 1.72. The van der Waals surface area contributed by atoms with Crippen molar-refractivity contribution in [2.24, 2.45) is 0 Å². The number of aryl methyl sites for hydroxylation is 1. The monoisotopic (exact) mass is 337 g/mol. The lowest BCUT2D eigenvalue weighted by Gasteiger charge is -2.10. The molecule has 3 aromatic heterocycles. The molecule has 0 aliphatic heterocycles. The van der Waals surface area contributed by atoms with E-state index in [1.54, 1.807) is 4.52 Å². The van der Waals surface area contributed by atoms with Crippen molar-refractivity contribution in [3.8, 4) is 0 Å². The number of hydrogen-bond donors (Lipinski definition) is 1. The van der Waals surface area contributed by atoms with Crippen molar-refractivity contribution in [2.45, 2.75) is 13.3 Å². The smallest absolute Gasteiger partial charge is 0.176 e. The zero-order valence-corrected chi connectivity index (χ0v) is 14.0. The first-order valence-corrected chi connectivity index (χ1v) is 8.19. The zero-order valence-electron chi connectivity index (χ0n) is 13.2. The van der Waals surface area contributed by atoms with Crippen molar-refractivity contribution in [1.82, 2.24) is 19.6 Å². The van der Waals surface area contributed by atoms with E-state index in [0.717, 1.165) is 41.1 Å². The molecule has 0 amide bonds. The molecule has 1 aromatic carbocycles. The Labute approximate surface area is 144 Å². The van der Waals surface area contributed by atoms with Crippen molar-refractivity contribution in [3.05, 3.63) is 65.1 Å². The van der Waals surface area contributed by atoms with Crippen LogP contribution in [0.15, 0.2) is 48.7 Å². The molecule has 0 bridgehead atoms. The summed E-state index contributed by atoms with van der Waals surface area (Å²) >= 11 is 6.36. The van der Waals surface area contributed by atoms with Gasteiger partial charge in [0.2, 0.25) is 0 Å². The van der Waals surface area contributed by atoms with Gasteiger partial charge in [0.1, 0.15) is 10.8 Å². The van der Waals surface area contributed by atoms with Crippen LogP contribution in [0.4, 0.5) is 5.82 Å². The van der Waals surface area contributed by atoms with Gasteiger partial charge in [-0.05, 0) is 31.2 Å². The predicted octanol–water partition coefficient (Wildman–Crippen LogP) is 3.89. The third-order valence-electron chi connectivity index (χ3n) is 3.97. The third kappa shape index (κ3) is 2.57. The molecule has 5 nitrogen and oxygen atoms in total. The number of aromatic nitrogens is 4. The molecule has 1 N–H and O–H groups in total. The van der Waals surface area contributed by atoms with Gasteiger partial charge in [-0.1, -0.05) is 29.8 Å². The van der Waals surface area contributed by atoms with E-state index in [0.29, 0.717) is 10.7 Å². The summed E-state index contributed by atoms with van der Waals surface area (Å²) in [7, 11) is 0. The molecule has 24 heavy (non-hydrogen) atoms. The lowest BCUT2D eigenvalue weighted by atomic mass is 10.2. The number of anilines is 1. The van der Waals surface area contributed by atoms with Gasteiger partial charge in [-0.25, -0.2) is 9.50 Å². The number of benzene rings is 1. The van der Waals surface area contributed by atoms with Crippen molar-refractivity contribution in [3.63, 3.8) is 0 Å². The number of halogens is 1. The Kier molecular flexibility index (Phi) is 3.78. The Bertz CT molecular complexity index is 1010. The molecule has 0 saturated carbocycles. The molecular weight excluding hydrogens is 322 g/mol. The van der Waals surface area contributed by atoms with Crippen molar-refractivity contribution >= 4 is 34.0 Å². The average Bonchev–Trinajstić information content (AvgIpc) is 2.91. The lowest BCUT2D eigenvalue weighted by molar-refractivity contribution is 0.940. The van der Waals surface area contributed by atoms with E-state index >= 15 is 0 Å². The standard InChI is InChI=1S/C18H16ClN5/c1-12-16(19)18-22-17(21-11-9-13-6-4-5-10-20-13)14-7-2-3-8-15(14)24(18)23-12/h2-8,10H,9,11H2,1H3,(H,21,22). The second-order valence-corrected chi connectivity index (χ2v) is 5.99. The molecule has 0 saturated heterocycles. The molecule has 0 radical (unpaired) electrons. The van der Waals surface area contributed by atoms with E-state index in [2.05, 4.69) is 15.4 Å². The van der Waals surface area contributed by atoms with Crippen molar-refractivity contribution in [1.29, 1.82) is 0 Å². The van der Waals surface area contributed by atoms with E-state index < -0.39 is 0 Å². The van der Waals surface area contributed by atoms with Crippen molar-refractivity contribution < 1.29 is 0 Å². The molecule has 4 aromatic rings. The minimum absolute atomic E-state index is 0.591. The topological polar surface area (TPSA) is 55.1 Å². The highest BCUT2D eigenvalue weighted by atomic mass is 35.5. The molecule has 120 valence electrons. The van der Waals surface area contributed by atoms with Gasteiger partial charge >= 0.3 is 0 Å². The summed E-state index contributed by atoms with van der Waals surface area (Å²) in [5, 5.41) is 9.52. The highest BCUT2D eigenvalue weighted by molar-refractivity contribution is 6.34. The maximum Gasteiger partial charge on any atom is 0.176 e. The van der Waals surface area contributed by atoms with Crippen molar-refractivity contribution in [2.75, 3.05) is 11.9 Å². The summed E-state index contributed by atoms with van der Waals surface area (Å²) in [6.45, 7) is 2.63. The van der Waals surface area contributed by atoms with Crippen LogP contribution in [0.1, 0.15) is 11.4 Å². The molecule has 3 heterocycles. The first-order valence-electron chi connectivity index (χ1n) is 7.81. The fraction of sp³-hybridized carbons (Fsp3) is 0.167. The molecule has 0 spiro atoms. The number of nitrogens with one attached hydrogen (secondary N) is 1. The highest BCUT2D eigenvalue weighted by Crippen LogP contribution is 2.28. The number of hydrogen-bond acceptors (Lipinski definition) is 4. The van der Waals surface area contributed by atoms with Gasteiger partial charge in [-0.15, -0.1) is 0 Å². The maximum atomic E-state index is 6.36. The molecule has 6 heteroatoms. The van der Waals surface area contributed by atoms with Gasteiger partial charge in [0, 0.05) is 30.2 Å². The molecular formula is C18H16ClN5. The minimum Gasteiger partial charge on any atom is -0.369 e. The van der Waals surface area contributed by atoms with E-state index in [9.17, 15) is 0 Å². The maximum absolute atomic E-state index is 6.36. The highest BCUT2D eigenvalue weighted by Gasteiger charge is 2.14. The van der Waals surface area contributed by atoms with E-state index in [1.165, 1.54) is 0 Å². The predicted molar refractivity (Wildman–Crippen MR) is 96.7 cm³/mol. The molecule has 0 fully saturated rings. The average molecular weight is 338 g/mol. The zero-order chi connectivity index (χ0) is 16.5. The summed E-state index contributed by atoms with van der Waals surface area (Å²) in [6.07, 6.45) is 2.64. The SMILES string of the molecule is Cc1nn2c(nc(NCCc3ccccn3)c3ccccc32)c1Cl. The lowest BCUT2D eigenvalue weighted by Crippen LogP contribution is -2.09. The van der Waals surface area contributed by atoms with Gasteiger partial charge in [-0.3, -0.25) is 4.98 Å². The normalized spacial score (nSPS) is 11.2. The number of fused-ring (bicyclic) bond motifs is 3. The fourth-order valence-electron chi connectivity index (χ4n) is 2.77. The fourth-order valence-corrected chi connectivity index (χ4v) is 2.93. The van der Waals surface area contributed by atoms with E-state index in [4.69, 9.17) is 16.6 Å². The number of rotatable bonds is 4. The first-order chi connectivity index (χ1) is 11.7. The van der Waals surface area contributed by atoms with Crippen LogP contribution in [0.2, 0.25) is 5.02 Å². The van der Waals surface area contributed by atoms with Crippen LogP contribution in [-0.4, -0.2) is 26.1 Å². The summed E-state index contributed by atoms with van der Waals surface area (Å²) in [5.74, 6) is 0.816. The number of para-hydroxylation sites is 1. The van der Waals surface area contributed by atoms with Gasteiger partial charge < -0.3 is 5.32 Å². The Morgan fingerprint density at radius 3 is 2.79 bits per heavy atom. The summed E-state index contributed by atoms with van der Waals surface area (Å²) in [6, 6.07) is 14.0. The Morgan fingerprint density at radius 2 is 1.96 bits per heavy atom. The Hall–Kier alpha value is -2.66. The second kappa shape index (κ2) is 6.09. The number of pyridine rings is 1. The molecule has 0 aliphatic carbocycles. The molecule has 0 aliphatic rings. The minimum atomic E-state index is 0.591. The third-order valence-corrected chi connectivity index (χ3v) is 4.41. The van der Waals surface area contributed by atoms with Crippen LogP contribution in [0.25, 0.3) is 16.6 Å². The summed E-state index contributed by atoms with van der Waals surface area (Å²) < 4.78 is 1.80. The van der Waals surface area contributed by atoms with Gasteiger partial charge in [0.05, 0.1) is 11.2 Å². The van der Waals surface area contributed by atoms with Crippen LogP contribution in [0.5, 0.6) is 0 Å². The second-order valence-electron chi connectivity index (χ2n) is 5.61. The summed E-state index contributed by atoms with van der Waals surface area (Å²) in [5.41, 5.74) is 3.49. The molecule has 4 rings (SSSR count). The summed E-state index contributed by atoms with van der Waals surface area (Å²) in [4.78, 5) is 9.04. The van der Waals surface area contributed by atoms with Crippen LogP contribution in [0.3, 0.4) is 0 Å². The van der Waals surface area contributed by atoms with Crippen LogP contribution in [-0.2, 0) is 6.42 Å². The van der Waals surface area contributed by atoms with E-state index in [-0.39, 0.29) is 0 Å². The first kappa shape index (κ1) is 14.9. The Morgan fingerprint density at radius 1 is 1.12 bits per heavy atom. The van der Waals surface area contributed by atoms with E-state index in [1.807, 2.05) is 55.6 Å². The molecule has 0 atom stereocenters. The van der Waals surface area contributed by atoms with Crippen LogP contribution in [0, 0.1) is 6.92 Å². The van der Waals surface area contributed by atoms with Crippen LogP contribution >= 0.6 is 11.6 Å². The van der Waals surface area contributed by atoms with Gasteiger partial charge in [0.15, 0.2) is 5.65 Å². The molecule has 0 unspecified atom stereocenters. The van der Waals surface area contributed by atoms with Crippen LogP contribution < -0.4 is 5.32 Å². The number of nitrogens with zero attached hydrogens (tertiary/aromatic N) is 4. The van der Waals surface area contributed by atoms with Gasteiger partial charge in [0.25, 0.3) is 0 Å². The quantitative estimate of drug-likeness (QED) is 0.613.